The van der Waals surface area contributed by atoms with E-state index in [1.54, 1.807) is 0 Å². The first kappa shape index (κ1) is 12.2. The highest BCUT2D eigenvalue weighted by Crippen LogP contribution is 1.99. The van der Waals surface area contributed by atoms with E-state index in [-0.39, 0.29) is 6.04 Å². The Morgan fingerprint density at radius 2 is 1.50 bits per heavy atom. The second kappa shape index (κ2) is 6.62. The van der Waals surface area contributed by atoms with Crippen molar-refractivity contribution in [1.82, 2.24) is 0 Å². The predicted molar refractivity (Wildman–Crippen MR) is 47.6 cm³/mol. The molecule has 2 heteroatoms. The molecular weight excluding hydrogens is 124 g/mol. The van der Waals surface area contributed by atoms with Gasteiger partial charge in [0.15, 0.2) is 0 Å². The number of hydrogen-bond acceptors (Lipinski definition) is 2. The summed E-state index contributed by atoms with van der Waals surface area (Å²) in [7, 11) is 0. The van der Waals surface area contributed by atoms with Crippen molar-refractivity contribution in [1.29, 1.82) is 0 Å². The van der Waals surface area contributed by atoms with E-state index in [1.165, 1.54) is 0 Å². The van der Waals surface area contributed by atoms with Gasteiger partial charge in [0.1, 0.15) is 0 Å². The van der Waals surface area contributed by atoms with Crippen LogP contribution in [-0.2, 0) is 0 Å². The van der Waals surface area contributed by atoms with Crippen LogP contribution in [0.4, 0.5) is 0 Å². The van der Waals surface area contributed by atoms with Crippen molar-refractivity contribution in [3.8, 4) is 0 Å². The molecule has 0 aromatic heterocycles. The Hall–Kier alpha value is -0.500. The molecule has 0 saturated carbocycles. The molecule has 1 unspecified atom stereocenters. The van der Waals surface area contributed by atoms with E-state index in [0.717, 1.165) is 11.3 Å². The monoisotopic (exact) mass is 144 g/mol. The molecule has 0 aromatic rings. The highest BCUT2D eigenvalue weighted by atomic mass is 14.6. The van der Waals surface area contributed by atoms with Crippen molar-refractivity contribution in [2.75, 3.05) is 0 Å². The van der Waals surface area contributed by atoms with Gasteiger partial charge in [-0.25, -0.2) is 0 Å². The fraction of sp³-hybridized carbons (Fsp3) is 0.750. The molecule has 1 atom stereocenters. The van der Waals surface area contributed by atoms with Crippen LogP contribution in [0.2, 0.25) is 0 Å². The van der Waals surface area contributed by atoms with Crippen molar-refractivity contribution < 1.29 is 0 Å². The van der Waals surface area contributed by atoms with Crippen LogP contribution in [0, 0.1) is 0 Å². The van der Waals surface area contributed by atoms with Crippen LogP contribution >= 0.6 is 0 Å². The summed E-state index contributed by atoms with van der Waals surface area (Å²) < 4.78 is 0. The lowest BCUT2D eigenvalue weighted by molar-refractivity contribution is 0.841. The highest BCUT2D eigenvalue weighted by Gasteiger charge is 1.96. The van der Waals surface area contributed by atoms with Gasteiger partial charge >= 0.3 is 0 Å². The van der Waals surface area contributed by atoms with E-state index in [9.17, 15) is 0 Å². The Morgan fingerprint density at radius 1 is 1.20 bits per heavy atom. The van der Waals surface area contributed by atoms with Gasteiger partial charge < -0.3 is 11.5 Å². The molecule has 0 radical (unpaired) electrons. The van der Waals surface area contributed by atoms with Crippen LogP contribution in [0.1, 0.15) is 34.6 Å². The van der Waals surface area contributed by atoms with Gasteiger partial charge in [0.2, 0.25) is 0 Å². The molecule has 0 aliphatic rings. The van der Waals surface area contributed by atoms with Crippen LogP contribution in [-0.4, -0.2) is 6.04 Å². The summed E-state index contributed by atoms with van der Waals surface area (Å²) >= 11 is 0. The number of rotatable bonds is 1. The maximum Gasteiger partial charge on any atom is 0.0241 e. The third-order valence-corrected chi connectivity index (χ3v) is 1.31. The Balaban J connectivity index is 0. The highest BCUT2D eigenvalue weighted by molar-refractivity contribution is 5.10. The zero-order valence-corrected chi connectivity index (χ0v) is 7.73. The number of hydrogen-bond donors (Lipinski definition) is 2. The largest absolute Gasteiger partial charge is 0.402 e. The molecule has 10 heavy (non-hydrogen) atoms. The average Bonchev–Trinajstić information content (AvgIpc) is 1.90. The number of nitrogens with two attached hydrogens (primary N) is 2. The van der Waals surface area contributed by atoms with Gasteiger partial charge in [0, 0.05) is 11.7 Å². The van der Waals surface area contributed by atoms with Crippen molar-refractivity contribution in [3.05, 3.63) is 11.3 Å². The zero-order chi connectivity index (χ0) is 8.73. The predicted octanol–water partition coefficient (Wildman–Crippen LogP) is 1.61. The van der Waals surface area contributed by atoms with Gasteiger partial charge in [-0.05, 0) is 26.3 Å². The maximum atomic E-state index is 5.50. The van der Waals surface area contributed by atoms with E-state index in [4.69, 9.17) is 11.5 Å². The molecule has 0 rings (SSSR count). The van der Waals surface area contributed by atoms with Crippen molar-refractivity contribution >= 4 is 0 Å². The summed E-state index contributed by atoms with van der Waals surface area (Å²) in [5.41, 5.74) is 12.8. The Kier molecular flexibility index (Phi) is 8.07. The first-order valence-corrected chi connectivity index (χ1v) is 3.74. The molecule has 4 N–H and O–H groups in total. The fourth-order valence-corrected chi connectivity index (χ4v) is 0.359. The van der Waals surface area contributed by atoms with E-state index >= 15 is 0 Å². The first-order chi connectivity index (χ1) is 4.55. The molecule has 0 aliphatic carbocycles. The van der Waals surface area contributed by atoms with Gasteiger partial charge in [-0.3, -0.25) is 0 Å². The zero-order valence-electron chi connectivity index (χ0n) is 7.73. The summed E-state index contributed by atoms with van der Waals surface area (Å²) in [5, 5.41) is 0. The molecule has 0 spiro atoms. The molecule has 0 aromatic carbocycles. The minimum Gasteiger partial charge on any atom is -0.402 e. The average molecular weight is 144 g/mol. The lowest BCUT2D eigenvalue weighted by Crippen LogP contribution is -2.19. The van der Waals surface area contributed by atoms with Gasteiger partial charge in [-0.1, -0.05) is 13.8 Å². The summed E-state index contributed by atoms with van der Waals surface area (Å²) in [6.45, 7) is 9.73. The quantitative estimate of drug-likeness (QED) is 0.587. The van der Waals surface area contributed by atoms with E-state index in [0.29, 0.717) is 0 Å². The summed E-state index contributed by atoms with van der Waals surface area (Å²) in [5.74, 6) is 0. The second-order valence-corrected chi connectivity index (χ2v) is 2.15. The van der Waals surface area contributed by atoms with Crippen LogP contribution in [0.5, 0.6) is 0 Å². The van der Waals surface area contributed by atoms with Crippen LogP contribution in [0.15, 0.2) is 11.3 Å². The second-order valence-electron chi connectivity index (χ2n) is 2.15. The van der Waals surface area contributed by atoms with Gasteiger partial charge in [0.05, 0.1) is 0 Å². The minimum absolute atomic E-state index is 0.0972. The minimum atomic E-state index is 0.0972. The Labute approximate surface area is 64.3 Å². The van der Waals surface area contributed by atoms with Crippen molar-refractivity contribution in [3.63, 3.8) is 0 Å². The van der Waals surface area contributed by atoms with E-state index in [1.807, 2.05) is 34.6 Å². The smallest absolute Gasteiger partial charge is 0.0241 e. The number of allylic oxidation sites excluding steroid dienone is 1. The third-order valence-electron chi connectivity index (χ3n) is 1.31. The molecular formula is C8H20N2. The lowest BCUT2D eigenvalue weighted by Gasteiger charge is -2.05. The standard InChI is InChI=1S/C6H14N2.C2H6/c1-4(5(2)7)6(3)8;1-2/h5H,7-8H2,1-3H3;1-2H3/b6-4-;. The lowest BCUT2D eigenvalue weighted by atomic mass is 10.1. The summed E-state index contributed by atoms with van der Waals surface area (Å²) in [6, 6.07) is 0.0972. The molecule has 0 amide bonds. The van der Waals surface area contributed by atoms with Gasteiger partial charge in [0.25, 0.3) is 0 Å². The fourth-order valence-electron chi connectivity index (χ4n) is 0.359. The molecule has 0 heterocycles. The van der Waals surface area contributed by atoms with Gasteiger partial charge in [-0.15, -0.1) is 0 Å². The molecule has 0 aliphatic heterocycles. The summed E-state index contributed by atoms with van der Waals surface area (Å²) in [6.07, 6.45) is 0. The van der Waals surface area contributed by atoms with Crippen molar-refractivity contribution in [2.45, 2.75) is 40.7 Å². The van der Waals surface area contributed by atoms with Crippen LogP contribution in [0.25, 0.3) is 0 Å². The molecule has 0 fully saturated rings. The van der Waals surface area contributed by atoms with E-state index < -0.39 is 0 Å². The molecule has 2 nitrogen and oxygen atoms in total. The molecule has 62 valence electrons. The van der Waals surface area contributed by atoms with Gasteiger partial charge in [-0.2, -0.15) is 0 Å². The van der Waals surface area contributed by atoms with E-state index in [2.05, 4.69) is 0 Å². The third kappa shape index (κ3) is 5.63. The van der Waals surface area contributed by atoms with Crippen LogP contribution in [0.3, 0.4) is 0 Å². The molecule has 0 saturated heterocycles. The maximum absolute atomic E-state index is 5.50. The normalized spacial score (nSPS) is 14.6. The Morgan fingerprint density at radius 3 is 1.50 bits per heavy atom. The van der Waals surface area contributed by atoms with Crippen molar-refractivity contribution in [2.24, 2.45) is 11.5 Å². The molecule has 0 bridgehead atoms. The SMILES string of the molecule is C/C(N)=C(\C)C(C)N.CC. The first-order valence-electron chi connectivity index (χ1n) is 3.74. The van der Waals surface area contributed by atoms with Crippen LogP contribution < -0.4 is 11.5 Å². The Bertz CT molecular complexity index is 99.8. The topological polar surface area (TPSA) is 52.0 Å². The summed E-state index contributed by atoms with van der Waals surface area (Å²) in [4.78, 5) is 0.